The van der Waals surface area contributed by atoms with Gasteiger partial charge in [-0.2, -0.15) is 5.10 Å². The minimum atomic E-state index is -0.317. The van der Waals surface area contributed by atoms with Gasteiger partial charge in [0.2, 0.25) is 5.88 Å². The Morgan fingerprint density at radius 1 is 1.41 bits per heavy atom. The molecule has 0 radical (unpaired) electrons. The average molecular weight is 304 g/mol. The standard InChI is InChI=1S/C15H20N4O3/c1-10(2)12-9-13(19-18-12)17-14(20)11-5-4-6-16-15(11)22-8-7-21-3/h4-6,9-10H,7-8H2,1-3H3,(H2,17,18,19,20). The number of H-pyrrole nitrogens is 1. The first kappa shape index (κ1) is 16.0. The maximum atomic E-state index is 12.3. The van der Waals surface area contributed by atoms with Crippen LogP contribution < -0.4 is 10.1 Å². The highest BCUT2D eigenvalue weighted by Crippen LogP contribution is 2.18. The van der Waals surface area contributed by atoms with Crippen molar-refractivity contribution in [1.82, 2.24) is 15.2 Å². The lowest BCUT2D eigenvalue weighted by molar-refractivity contribution is 0.101. The van der Waals surface area contributed by atoms with Crippen LogP contribution in [0.2, 0.25) is 0 Å². The van der Waals surface area contributed by atoms with E-state index in [1.54, 1.807) is 25.4 Å². The predicted molar refractivity (Wildman–Crippen MR) is 82.2 cm³/mol. The number of nitrogens with zero attached hydrogens (tertiary/aromatic N) is 2. The summed E-state index contributed by atoms with van der Waals surface area (Å²) in [5.74, 6) is 0.740. The van der Waals surface area contributed by atoms with Crippen molar-refractivity contribution in [2.45, 2.75) is 19.8 Å². The lowest BCUT2D eigenvalue weighted by Crippen LogP contribution is -2.15. The molecule has 0 aliphatic heterocycles. The number of rotatable bonds is 7. The van der Waals surface area contributed by atoms with Gasteiger partial charge in [0.1, 0.15) is 12.2 Å². The van der Waals surface area contributed by atoms with Gasteiger partial charge >= 0.3 is 0 Å². The zero-order valence-corrected chi connectivity index (χ0v) is 12.9. The topological polar surface area (TPSA) is 89.1 Å². The van der Waals surface area contributed by atoms with Crippen LogP contribution in [-0.2, 0) is 4.74 Å². The van der Waals surface area contributed by atoms with Crippen molar-refractivity contribution in [3.63, 3.8) is 0 Å². The summed E-state index contributed by atoms with van der Waals surface area (Å²) in [5.41, 5.74) is 1.31. The quantitative estimate of drug-likeness (QED) is 0.765. The van der Waals surface area contributed by atoms with Crippen LogP contribution in [0.15, 0.2) is 24.4 Å². The van der Waals surface area contributed by atoms with E-state index in [1.165, 1.54) is 0 Å². The molecule has 118 valence electrons. The fourth-order valence-electron chi connectivity index (χ4n) is 1.78. The molecule has 2 aromatic rings. The Labute approximate surface area is 129 Å². The van der Waals surface area contributed by atoms with Crippen LogP contribution in [-0.4, -0.2) is 41.4 Å². The molecule has 2 aromatic heterocycles. The number of pyridine rings is 1. The number of hydrogen-bond donors (Lipinski definition) is 2. The molecule has 1 amide bonds. The molecule has 7 nitrogen and oxygen atoms in total. The number of aromatic amines is 1. The summed E-state index contributed by atoms with van der Waals surface area (Å²) in [6.45, 7) is 4.84. The predicted octanol–water partition coefficient (Wildman–Crippen LogP) is 2.21. The van der Waals surface area contributed by atoms with Gasteiger partial charge < -0.3 is 14.8 Å². The molecule has 0 atom stereocenters. The first-order chi connectivity index (χ1) is 10.6. The number of methoxy groups -OCH3 is 1. The molecule has 22 heavy (non-hydrogen) atoms. The number of hydrogen-bond acceptors (Lipinski definition) is 5. The molecule has 2 rings (SSSR count). The number of anilines is 1. The van der Waals surface area contributed by atoms with Gasteiger partial charge in [0.05, 0.1) is 6.61 Å². The third-order valence-corrected chi connectivity index (χ3v) is 3.00. The monoisotopic (exact) mass is 304 g/mol. The van der Waals surface area contributed by atoms with E-state index in [2.05, 4.69) is 20.5 Å². The number of nitrogens with one attached hydrogen (secondary N) is 2. The molecule has 0 saturated carbocycles. The summed E-state index contributed by atoms with van der Waals surface area (Å²) in [4.78, 5) is 16.4. The second-order valence-corrected chi connectivity index (χ2v) is 5.01. The summed E-state index contributed by atoms with van der Waals surface area (Å²) in [5, 5.41) is 9.69. The van der Waals surface area contributed by atoms with Gasteiger partial charge in [0.25, 0.3) is 5.91 Å². The largest absolute Gasteiger partial charge is 0.475 e. The van der Waals surface area contributed by atoms with Gasteiger partial charge in [0.15, 0.2) is 5.82 Å². The third kappa shape index (κ3) is 4.05. The van der Waals surface area contributed by atoms with Crippen molar-refractivity contribution in [2.75, 3.05) is 25.6 Å². The zero-order chi connectivity index (χ0) is 15.9. The highest BCUT2D eigenvalue weighted by atomic mass is 16.5. The Hall–Kier alpha value is -2.41. The van der Waals surface area contributed by atoms with Crippen LogP contribution in [0.5, 0.6) is 5.88 Å². The van der Waals surface area contributed by atoms with Crippen molar-refractivity contribution in [2.24, 2.45) is 0 Å². The molecule has 2 N–H and O–H groups in total. The summed E-state index contributed by atoms with van der Waals surface area (Å²) >= 11 is 0. The molecule has 0 aromatic carbocycles. The minimum absolute atomic E-state index is 0.275. The number of amides is 1. The molecule has 0 aliphatic carbocycles. The van der Waals surface area contributed by atoms with Crippen LogP contribution in [0.25, 0.3) is 0 Å². The second kappa shape index (κ2) is 7.56. The number of aromatic nitrogens is 3. The molecule has 0 saturated heterocycles. The molecule has 7 heteroatoms. The Balaban J connectivity index is 2.08. The molecular formula is C15H20N4O3. The Kier molecular flexibility index (Phi) is 5.48. The molecule has 0 spiro atoms. The highest BCUT2D eigenvalue weighted by molar-refractivity contribution is 6.05. The number of carbonyl (C=O) groups excluding carboxylic acids is 1. The molecular weight excluding hydrogens is 284 g/mol. The van der Waals surface area contributed by atoms with Gasteiger partial charge in [-0.05, 0) is 18.1 Å². The van der Waals surface area contributed by atoms with Crippen LogP contribution in [0.1, 0.15) is 35.8 Å². The average Bonchev–Trinajstić information content (AvgIpc) is 2.97. The van der Waals surface area contributed by atoms with E-state index in [4.69, 9.17) is 9.47 Å². The number of carbonyl (C=O) groups is 1. The third-order valence-electron chi connectivity index (χ3n) is 3.00. The smallest absolute Gasteiger partial charge is 0.262 e. The van der Waals surface area contributed by atoms with E-state index in [0.717, 1.165) is 5.69 Å². The SMILES string of the molecule is COCCOc1ncccc1C(=O)Nc1cc(C(C)C)[nH]n1. The van der Waals surface area contributed by atoms with E-state index in [1.807, 2.05) is 19.9 Å². The molecule has 0 fully saturated rings. The Bertz CT molecular complexity index is 625. The van der Waals surface area contributed by atoms with Crippen molar-refractivity contribution in [3.05, 3.63) is 35.7 Å². The lowest BCUT2D eigenvalue weighted by Gasteiger charge is -2.09. The summed E-state index contributed by atoms with van der Waals surface area (Å²) in [7, 11) is 1.58. The first-order valence-corrected chi connectivity index (χ1v) is 7.05. The fraction of sp³-hybridized carbons (Fsp3) is 0.400. The van der Waals surface area contributed by atoms with Gasteiger partial charge in [-0.1, -0.05) is 13.8 Å². The summed E-state index contributed by atoms with van der Waals surface area (Å²) in [6.07, 6.45) is 1.57. The Morgan fingerprint density at radius 2 is 2.23 bits per heavy atom. The highest BCUT2D eigenvalue weighted by Gasteiger charge is 2.15. The van der Waals surface area contributed by atoms with Gasteiger partial charge in [0, 0.05) is 25.1 Å². The number of ether oxygens (including phenoxy) is 2. The van der Waals surface area contributed by atoms with Crippen molar-refractivity contribution in [1.29, 1.82) is 0 Å². The summed E-state index contributed by atoms with van der Waals surface area (Å²) in [6, 6.07) is 5.15. The van der Waals surface area contributed by atoms with E-state index in [9.17, 15) is 4.79 Å². The van der Waals surface area contributed by atoms with Crippen molar-refractivity contribution < 1.29 is 14.3 Å². The molecule has 0 bridgehead atoms. The molecule has 0 aliphatic rings. The zero-order valence-electron chi connectivity index (χ0n) is 12.9. The van der Waals surface area contributed by atoms with Crippen LogP contribution in [0.4, 0.5) is 5.82 Å². The van der Waals surface area contributed by atoms with Crippen LogP contribution >= 0.6 is 0 Å². The summed E-state index contributed by atoms with van der Waals surface area (Å²) < 4.78 is 10.4. The second-order valence-electron chi connectivity index (χ2n) is 5.01. The van der Waals surface area contributed by atoms with E-state index < -0.39 is 0 Å². The maximum Gasteiger partial charge on any atom is 0.262 e. The van der Waals surface area contributed by atoms with E-state index >= 15 is 0 Å². The van der Waals surface area contributed by atoms with Crippen LogP contribution in [0.3, 0.4) is 0 Å². The lowest BCUT2D eigenvalue weighted by atomic mass is 10.1. The van der Waals surface area contributed by atoms with E-state index in [0.29, 0.717) is 30.5 Å². The van der Waals surface area contributed by atoms with Crippen LogP contribution in [0, 0.1) is 0 Å². The molecule has 2 heterocycles. The first-order valence-electron chi connectivity index (χ1n) is 7.05. The van der Waals surface area contributed by atoms with E-state index in [-0.39, 0.29) is 11.8 Å². The van der Waals surface area contributed by atoms with Crippen molar-refractivity contribution in [3.8, 4) is 5.88 Å². The maximum absolute atomic E-state index is 12.3. The van der Waals surface area contributed by atoms with Crippen molar-refractivity contribution >= 4 is 11.7 Å². The normalized spacial score (nSPS) is 10.7. The van der Waals surface area contributed by atoms with Gasteiger partial charge in [-0.15, -0.1) is 0 Å². The minimum Gasteiger partial charge on any atom is -0.475 e. The van der Waals surface area contributed by atoms with Gasteiger partial charge in [-0.3, -0.25) is 9.89 Å². The fourth-order valence-corrected chi connectivity index (χ4v) is 1.78. The Morgan fingerprint density at radius 3 is 2.91 bits per heavy atom. The molecule has 0 unspecified atom stereocenters. The van der Waals surface area contributed by atoms with Gasteiger partial charge in [-0.25, -0.2) is 4.98 Å².